The van der Waals surface area contributed by atoms with Crippen molar-refractivity contribution >= 4 is 27.6 Å². The Morgan fingerprint density at radius 2 is 1.67 bits per heavy atom. The van der Waals surface area contributed by atoms with Crippen LogP contribution in [0, 0.1) is 0 Å². The number of nitrogens with one attached hydrogen (secondary N) is 2. The Balaban J connectivity index is 2.00. The second-order valence-electron chi connectivity index (χ2n) is 5.89. The van der Waals surface area contributed by atoms with Crippen LogP contribution < -0.4 is 19.5 Å². The Kier molecular flexibility index (Phi) is 8.19. The third kappa shape index (κ3) is 6.19. The summed E-state index contributed by atoms with van der Waals surface area (Å²) in [6.07, 6.45) is 0. The van der Waals surface area contributed by atoms with Crippen LogP contribution in [-0.2, 0) is 19.6 Å². The van der Waals surface area contributed by atoms with Gasteiger partial charge in [0, 0.05) is 11.8 Å². The van der Waals surface area contributed by atoms with Gasteiger partial charge in [0.15, 0.2) is 18.1 Å². The van der Waals surface area contributed by atoms with E-state index in [0.717, 1.165) is 0 Å². The van der Waals surface area contributed by atoms with Crippen LogP contribution in [0.15, 0.2) is 47.4 Å². The molecular weight excluding hydrogens is 412 g/mol. The van der Waals surface area contributed by atoms with Gasteiger partial charge in [-0.1, -0.05) is 6.07 Å². The van der Waals surface area contributed by atoms with E-state index >= 15 is 0 Å². The molecule has 0 heterocycles. The first-order valence-corrected chi connectivity index (χ1v) is 10.7. The van der Waals surface area contributed by atoms with E-state index in [9.17, 15) is 18.0 Å². The first kappa shape index (κ1) is 23.2. The van der Waals surface area contributed by atoms with E-state index in [1.807, 2.05) is 13.8 Å². The molecule has 0 bridgehead atoms. The fraction of sp³-hybridized carbons (Fsp3) is 0.300. The van der Waals surface area contributed by atoms with E-state index in [-0.39, 0.29) is 10.5 Å². The van der Waals surface area contributed by atoms with Crippen LogP contribution >= 0.6 is 0 Å². The van der Waals surface area contributed by atoms with Gasteiger partial charge in [0.2, 0.25) is 10.0 Å². The number of esters is 1. The van der Waals surface area contributed by atoms with Crippen LogP contribution in [0.1, 0.15) is 24.2 Å². The molecular formula is C20H24N2O7S. The van der Waals surface area contributed by atoms with Gasteiger partial charge in [-0.25, -0.2) is 17.9 Å². The van der Waals surface area contributed by atoms with Gasteiger partial charge in [-0.3, -0.25) is 4.79 Å². The van der Waals surface area contributed by atoms with Gasteiger partial charge in [0.05, 0.1) is 23.7 Å². The minimum atomic E-state index is -3.70. The van der Waals surface area contributed by atoms with Crippen LogP contribution in [0.2, 0.25) is 0 Å². The zero-order chi connectivity index (χ0) is 22.1. The maximum absolute atomic E-state index is 12.2. The second-order valence-corrected chi connectivity index (χ2v) is 7.77. The van der Waals surface area contributed by atoms with Crippen molar-refractivity contribution in [2.75, 3.05) is 32.2 Å². The summed E-state index contributed by atoms with van der Waals surface area (Å²) in [4.78, 5) is 24.2. The fourth-order valence-electron chi connectivity index (χ4n) is 2.45. The van der Waals surface area contributed by atoms with Crippen molar-refractivity contribution in [3.05, 3.63) is 48.0 Å². The zero-order valence-electron chi connectivity index (χ0n) is 16.9. The number of carbonyl (C=O) groups excluding carboxylic acids is 2. The number of amides is 1. The Hall–Kier alpha value is -3.11. The molecule has 0 spiro atoms. The quantitative estimate of drug-likeness (QED) is 0.548. The van der Waals surface area contributed by atoms with Crippen LogP contribution in [0.4, 0.5) is 5.69 Å². The summed E-state index contributed by atoms with van der Waals surface area (Å²) < 4.78 is 41.8. The first-order valence-electron chi connectivity index (χ1n) is 9.21. The van der Waals surface area contributed by atoms with Gasteiger partial charge < -0.3 is 19.5 Å². The Labute approximate surface area is 175 Å². The minimum absolute atomic E-state index is 0.0128. The van der Waals surface area contributed by atoms with Gasteiger partial charge in [-0.05, 0) is 51.2 Å². The van der Waals surface area contributed by atoms with Crippen molar-refractivity contribution in [1.29, 1.82) is 0 Å². The van der Waals surface area contributed by atoms with E-state index in [0.29, 0.717) is 30.4 Å². The summed E-state index contributed by atoms with van der Waals surface area (Å²) in [6.45, 7) is 4.04. The maximum Gasteiger partial charge on any atom is 0.338 e. The summed E-state index contributed by atoms with van der Waals surface area (Å²) >= 11 is 0. The number of carbonyl (C=O) groups is 2. The van der Waals surface area contributed by atoms with Crippen molar-refractivity contribution in [3.63, 3.8) is 0 Å². The summed E-state index contributed by atoms with van der Waals surface area (Å²) in [5.41, 5.74) is 0.462. The monoisotopic (exact) mass is 436 g/mol. The summed E-state index contributed by atoms with van der Waals surface area (Å²) in [5, 5.41) is 2.60. The lowest BCUT2D eigenvalue weighted by Gasteiger charge is -2.13. The molecule has 1 amide bonds. The molecule has 0 aliphatic heterocycles. The molecule has 0 aromatic heterocycles. The largest absolute Gasteiger partial charge is 0.490 e. The number of ether oxygens (including phenoxy) is 3. The van der Waals surface area contributed by atoms with E-state index in [4.69, 9.17) is 14.2 Å². The lowest BCUT2D eigenvalue weighted by Crippen LogP contribution is -2.22. The van der Waals surface area contributed by atoms with Crippen molar-refractivity contribution in [2.45, 2.75) is 18.7 Å². The molecule has 162 valence electrons. The molecule has 0 saturated carbocycles. The van der Waals surface area contributed by atoms with E-state index in [2.05, 4.69) is 10.0 Å². The lowest BCUT2D eigenvalue weighted by atomic mass is 10.2. The highest BCUT2D eigenvalue weighted by atomic mass is 32.2. The molecule has 0 radical (unpaired) electrons. The highest BCUT2D eigenvalue weighted by Crippen LogP contribution is 2.30. The molecule has 0 aliphatic carbocycles. The lowest BCUT2D eigenvalue weighted by molar-refractivity contribution is -0.119. The van der Waals surface area contributed by atoms with Gasteiger partial charge in [-0.2, -0.15) is 0 Å². The third-order valence-electron chi connectivity index (χ3n) is 3.81. The molecule has 9 nitrogen and oxygen atoms in total. The summed E-state index contributed by atoms with van der Waals surface area (Å²) in [5.74, 6) is -0.342. The molecule has 2 N–H and O–H groups in total. The summed E-state index contributed by atoms with van der Waals surface area (Å²) in [6, 6.07) is 10.2. The Morgan fingerprint density at radius 1 is 0.967 bits per heavy atom. The molecule has 0 saturated heterocycles. The normalized spacial score (nSPS) is 10.9. The smallest absolute Gasteiger partial charge is 0.338 e. The van der Waals surface area contributed by atoms with Crippen LogP contribution in [0.5, 0.6) is 11.5 Å². The van der Waals surface area contributed by atoms with E-state index in [1.165, 1.54) is 31.3 Å². The zero-order valence-corrected chi connectivity index (χ0v) is 17.7. The molecule has 2 rings (SSSR count). The van der Waals surface area contributed by atoms with Crippen LogP contribution in [-0.4, -0.2) is 47.2 Å². The number of rotatable bonds is 10. The van der Waals surface area contributed by atoms with Crippen molar-refractivity contribution in [2.24, 2.45) is 0 Å². The maximum atomic E-state index is 12.2. The van der Waals surface area contributed by atoms with Gasteiger partial charge in [-0.15, -0.1) is 0 Å². The Morgan fingerprint density at radius 3 is 2.33 bits per heavy atom. The number of hydrogen-bond acceptors (Lipinski definition) is 7. The number of anilines is 1. The molecule has 0 unspecified atom stereocenters. The minimum Gasteiger partial charge on any atom is -0.490 e. The SMILES string of the molecule is CCOc1ccc(NC(=O)COC(=O)c2cccc(S(=O)(=O)NC)c2)cc1OCC. The molecule has 2 aromatic carbocycles. The van der Waals surface area contributed by atoms with Crippen LogP contribution in [0.3, 0.4) is 0 Å². The van der Waals surface area contributed by atoms with Crippen molar-refractivity contribution < 1.29 is 32.2 Å². The highest BCUT2D eigenvalue weighted by molar-refractivity contribution is 7.89. The molecule has 0 atom stereocenters. The van der Waals surface area contributed by atoms with Gasteiger partial charge in [0.1, 0.15) is 0 Å². The second kappa shape index (κ2) is 10.6. The number of sulfonamides is 1. The van der Waals surface area contributed by atoms with Gasteiger partial charge in [0.25, 0.3) is 5.91 Å². The molecule has 0 aliphatic rings. The number of hydrogen-bond donors (Lipinski definition) is 2. The van der Waals surface area contributed by atoms with Crippen molar-refractivity contribution in [3.8, 4) is 11.5 Å². The standard InChI is InChI=1S/C20H24N2O7S/c1-4-27-17-10-9-15(12-18(17)28-5-2)22-19(23)13-29-20(24)14-7-6-8-16(11-14)30(25,26)21-3/h6-12,21H,4-5,13H2,1-3H3,(H,22,23). The summed E-state index contributed by atoms with van der Waals surface area (Å²) in [7, 11) is -2.44. The predicted molar refractivity (Wildman–Crippen MR) is 110 cm³/mol. The molecule has 30 heavy (non-hydrogen) atoms. The molecule has 10 heteroatoms. The molecule has 2 aromatic rings. The fourth-order valence-corrected chi connectivity index (χ4v) is 3.22. The third-order valence-corrected chi connectivity index (χ3v) is 5.22. The number of benzene rings is 2. The highest BCUT2D eigenvalue weighted by Gasteiger charge is 2.16. The van der Waals surface area contributed by atoms with Crippen molar-refractivity contribution in [1.82, 2.24) is 4.72 Å². The average molecular weight is 436 g/mol. The predicted octanol–water partition coefficient (Wildman–Crippen LogP) is 2.19. The molecule has 0 fully saturated rings. The average Bonchev–Trinajstić information content (AvgIpc) is 2.74. The topological polar surface area (TPSA) is 120 Å². The van der Waals surface area contributed by atoms with Crippen LogP contribution in [0.25, 0.3) is 0 Å². The first-order chi connectivity index (χ1) is 14.3. The van der Waals surface area contributed by atoms with E-state index < -0.39 is 28.5 Å². The Bertz CT molecular complexity index is 1010. The van der Waals surface area contributed by atoms with E-state index in [1.54, 1.807) is 18.2 Å². The van der Waals surface area contributed by atoms with Gasteiger partial charge >= 0.3 is 5.97 Å².